The fourth-order valence-corrected chi connectivity index (χ4v) is 5.31. The summed E-state index contributed by atoms with van der Waals surface area (Å²) in [6.07, 6.45) is 1.87. The summed E-state index contributed by atoms with van der Waals surface area (Å²) in [5.74, 6) is 1.96. The van der Waals surface area contributed by atoms with Crippen LogP contribution in [-0.4, -0.2) is 26.6 Å². The number of methoxy groups -OCH3 is 1. The monoisotopic (exact) mass is 460 g/mol. The Morgan fingerprint density at radius 3 is 2.62 bits per heavy atom. The Bertz CT molecular complexity index is 1440. The summed E-state index contributed by atoms with van der Waals surface area (Å²) in [6.45, 7) is 0. The lowest BCUT2D eigenvalue weighted by atomic mass is 10.2. The predicted molar refractivity (Wildman–Crippen MR) is 130 cm³/mol. The molecule has 5 rings (SSSR count). The van der Waals surface area contributed by atoms with Crippen molar-refractivity contribution in [3.63, 3.8) is 0 Å². The molecule has 32 heavy (non-hydrogen) atoms. The maximum Gasteiger partial charge on any atom is 0.268 e. The molecule has 0 fully saturated rings. The van der Waals surface area contributed by atoms with Crippen molar-refractivity contribution in [3.8, 4) is 27.4 Å². The van der Waals surface area contributed by atoms with E-state index in [2.05, 4.69) is 26.7 Å². The first-order valence-electron chi connectivity index (χ1n) is 9.99. The number of hydrogen-bond donors (Lipinski definition) is 1. The second-order valence-corrected chi connectivity index (χ2v) is 9.20. The third-order valence-corrected chi connectivity index (χ3v) is 7.39. The first kappa shape index (κ1) is 20.5. The zero-order chi connectivity index (χ0) is 22.1. The quantitative estimate of drug-likeness (QED) is 0.346. The van der Waals surface area contributed by atoms with Crippen molar-refractivity contribution in [2.24, 2.45) is 7.05 Å². The zero-order valence-electron chi connectivity index (χ0n) is 17.5. The summed E-state index contributed by atoms with van der Waals surface area (Å²) in [6, 6.07) is 19.9. The van der Waals surface area contributed by atoms with Crippen molar-refractivity contribution in [3.05, 3.63) is 83.0 Å². The third kappa shape index (κ3) is 3.94. The number of benzene rings is 2. The number of H-pyrrole nitrogens is 1. The molecule has 0 saturated heterocycles. The molecular weight excluding hydrogens is 440 g/mol. The first-order chi connectivity index (χ1) is 15.6. The van der Waals surface area contributed by atoms with Gasteiger partial charge in [-0.25, -0.2) is 9.97 Å². The van der Waals surface area contributed by atoms with Crippen LogP contribution in [0, 0.1) is 0 Å². The topological polar surface area (TPSA) is 72.8 Å². The molecule has 0 atom stereocenters. The Labute approximate surface area is 192 Å². The van der Waals surface area contributed by atoms with Gasteiger partial charge in [0.15, 0.2) is 5.16 Å². The minimum Gasteiger partial charge on any atom is -0.497 e. The number of nitrogens with one attached hydrogen (secondary N) is 1. The number of thioether (sulfide) groups is 1. The van der Waals surface area contributed by atoms with E-state index in [1.54, 1.807) is 18.9 Å². The molecule has 5 aromatic rings. The van der Waals surface area contributed by atoms with Crippen molar-refractivity contribution in [2.75, 3.05) is 7.11 Å². The second-order valence-electron chi connectivity index (χ2n) is 7.21. The van der Waals surface area contributed by atoms with E-state index in [9.17, 15) is 4.79 Å². The number of thiophene rings is 1. The van der Waals surface area contributed by atoms with Gasteiger partial charge in [-0.3, -0.25) is 4.79 Å². The van der Waals surface area contributed by atoms with Crippen LogP contribution in [0.2, 0.25) is 0 Å². The average Bonchev–Trinajstić information content (AvgIpc) is 3.42. The highest BCUT2D eigenvalue weighted by Crippen LogP contribution is 2.32. The Morgan fingerprint density at radius 2 is 1.88 bits per heavy atom. The van der Waals surface area contributed by atoms with Crippen LogP contribution in [0.1, 0.15) is 5.82 Å². The van der Waals surface area contributed by atoms with Crippen molar-refractivity contribution in [1.82, 2.24) is 19.5 Å². The molecule has 1 N–H and O–H groups in total. The minimum atomic E-state index is -0.111. The van der Waals surface area contributed by atoms with Crippen molar-refractivity contribution < 1.29 is 4.74 Å². The number of ether oxygens (including phenoxy) is 1. The van der Waals surface area contributed by atoms with E-state index in [0.29, 0.717) is 21.8 Å². The maximum absolute atomic E-state index is 12.7. The maximum atomic E-state index is 12.7. The van der Waals surface area contributed by atoms with Gasteiger partial charge in [0.1, 0.15) is 16.3 Å². The SMILES string of the molecule is COc1ccc(-c2cc3nc(CSc4ncc(-c5ccccc5)n4C)[nH]c(=O)c3s2)cc1. The molecule has 3 heterocycles. The molecule has 160 valence electrons. The van der Waals surface area contributed by atoms with Crippen molar-refractivity contribution >= 4 is 33.3 Å². The molecule has 2 aromatic carbocycles. The highest BCUT2D eigenvalue weighted by atomic mass is 32.2. The zero-order valence-corrected chi connectivity index (χ0v) is 19.2. The van der Waals surface area contributed by atoms with Gasteiger partial charge in [-0.05, 0) is 41.5 Å². The van der Waals surface area contributed by atoms with Gasteiger partial charge in [0, 0.05) is 11.9 Å². The summed E-state index contributed by atoms with van der Waals surface area (Å²) in [5, 5.41) is 0.871. The largest absolute Gasteiger partial charge is 0.497 e. The van der Waals surface area contributed by atoms with Crippen LogP contribution in [-0.2, 0) is 12.8 Å². The summed E-state index contributed by atoms with van der Waals surface area (Å²) in [4.78, 5) is 25.9. The molecule has 0 aliphatic carbocycles. The Balaban J connectivity index is 1.38. The predicted octanol–water partition coefficient (Wildman–Crippen LogP) is 5.35. The highest BCUT2D eigenvalue weighted by Gasteiger charge is 2.13. The number of rotatable bonds is 6. The summed E-state index contributed by atoms with van der Waals surface area (Å²) in [7, 11) is 3.64. The van der Waals surface area contributed by atoms with Crippen LogP contribution >= 0.6 is 23.1 Å². The third-order valence-electron chi connectivity index (χ3n) is 5.16. The Morgan fingerprint density at radius 1 is 1.09 bits per heavy atom. The molecule has 3 aromatic heterocycles. The lowest BCUT2D eigenvalue weighted by molar-refractivity contribution is 0.415. The Hall–Kier alpha value is -3.36. The van der Waals surface area contributed by atoms with Gasteiger partial charge >= 0.3 is 0 Å². The van der Waals surface area contributed by atoms with E-state index in [4.69, 9.17) is 9.72 Å². The average molecular weight is 461 g/mol. The molecule has 6 nitrogen and oxygen atoms in total. The van der Waals surface area contributed by atoms with Crippen LogP contribution < -0.4 is 10.3 Å². The van der Waals surface area contributed by atoms with Crippen LogP contribution in [0.5, 0.6) is 5.75 Å². The smallest absolute Gasteiger partial charge is 0.268 e. The highest BCUT2D eigenvalue weighted by molar-refractivity contribution is 7.98. The van der Waals surface area contributed by atoms with Gasteiger partial charge in [-0.2, -0.15) is 0 Å². The number of aromatic amines is 1. The molecule has 8 heteroatoms. The normalized spacial score (nSPS) is 11.2. The fraction of sp³-hybridized carbons (Fsp3) is 0.125. The second kappa shape index (κ2) is 8.64. The molecule has 0 amide bonds. The van der Waals surface area contributed by atoms with Gasteiger partial charge in [-0.1, -0.05) is 42.1 Å². The number of nitrogens with zero attached hydrogens (tertiary/aromatic N) is 3. The van der Waals surface area contributed by atoms with Crippen LogP contribution in [0.25, 0.3) is 31.9 Å². The van der Waals surface area contributed by atoms with Gasteiger partial charge in [-0.15, -0.1) is 11.3 Å². The lowest BCUT2D eigenvalue weighted by Crippen LogP contribution is -2.09. The number of fused-ring (bicyclic) bond motifs is 1. The van der Waals surface area contributed by atoms with E-state index in [-0.39, 0.29) is 5.56 Å². The standard InChI is InChI=1S/C24H20N4O2S2/c1-28-19(15-6-4-3-5-7-15)13-25-24(28)31-14-21-26-18-12-20(32-22(18)23(29)27-21)16-8-10-17(30-2)11-9-16/h3-13H,14H2,1-2H3,(H,26,27,29). The number of aromatic nitrogens is 4. The molecule has 0 spiro atoms. The molecule has 0 aliphatic rings. The first-order valence-corrected chi connectivity index (χ1v) is 11.8. The van der Waals surface area contributed by atoms with Gasteiger partial charge in [0.2, 0.25) is 0 Å². The molecule has 0 bridgehead atoms. The Kier molecular flexibility index (Phi) is 5.55. The van der Waals surface area contributed by atoms with E-state index < -0.39 is 0 Å². The van der Waals surface area contributed by atoms with E-state index in [1.165, 1.54) is 11.3 Å². The van der Waals surface area contributed by atoms with Crippen molar-refractivity contribution in [2.45, 2.75) is 10.9 Å². The molecular formula is C24H20N4O2S2. The van der Waals surface area contributed by atoms with Crippen LogP contribution in [0.3, 0.4) is 0 Å². The number of hydrogen-bond acceptors (Lipinski definition) is 6. The number of imidazole rings is 1. The van der Waals surface area contributed by atoms with E-state index in [1.807, 2.05) is 61.8 Å². The van der Waals surface area contributed by atoms with Crippen molar-refractivity contribution in [1.29, 1.82) is 0 Å². The molecule has 0 radical (unpaired) electrons. The molecule has 0 unspecified atom stereocenters. The summed E-state index contributed by atoms with van der Waals surface area (Å²) in [5.41, 5.74) is 3.80. The van der Waals surface area contributed by atoms with Crippen LogP contribution in [0.4, 0.5) is 0 Å². The summed E-state index contributed by atoms with van der Waals surface area (Å²) >= 11 is 3.00. The van der Waals surface area contributed by atoms with Gasteiger partial charge in [0.05, 0.1) is 30.3 Å². The minimum absolute atomic E-state index is 0.111. The lowest BCUT2D eigenvalue weighted by Gasteiger charge is -2.05. The summed E-state index contributed by atoms with van der Waals surface area (Å²) < 4.78 is 7.91. The fourth-order valence-electron chi connectivity index (χ4n) is 3.49. The van der Waals surface area contributed by atoms with Crippen LogP contribution in [0.15, 0.2) is 76.8 Å². The molecule has 0 saturated carbocycles. The van der Waals surface area contributed by atoms with Gasteiger partial charge in [0.25, 0.3) is 5.56 Å². The van der Waals surface area contributed by atoms with E-state index in [0.717, 1.165) is 32.6 Å². The molecule has 0 aliphatic heterocycles. The van der Waals surface area contributed by atoms with E-state index >= 15 is 0 Å². The van der Waals surface area contributed by atoms with Gasteiger partial charge < -0.3 is 14.3 Å².